The van der Waals surface area contributed by atoms with Crippen molar-refractivity contribution in [3.63, 3.8) is 0 Å². The number of aliphatic hydroxyl groups is 1. The molecule has 1 fully saturated rings. The van der Waals surface area contributed by atoms with Gasteiger partial charge in [0, 0.05) is 32.1 Å². The van der Waals surface area contributed by atoms with Crippen molar-refractivity contribution in [2.45, 2.75) is 38.8 Å². The molecule has 0 aromatic rings. The predicted molar refractivity (Wildman–Crippen MR) is 55.0 cm³/mol. The van der Waals surface area contributed by atoms with Crippen LogP contribution in [-0.4, -0.2) is 47.7 Å². The number of aliphatic hydroxyl groups excluding tert-OH is 1. The summed E-state index contributed by atoms with van der Waals surface area (Å²) < 4.78 is 0. The monoisotopic (exact) mass is 200 g/mol. The molecule has 1 aliphatic heterocycles. The lowest BCUT2D eigenvalue weighted by Gasteiger charge is -2.16. The molecule has 4 nitrogen and oxygen atoms in total. The zero-order chi connectivity index (χ0) is 10.6. The molecule has 14 heavy (non-hydrogen) atoms. The number of amides is 1. The lowest BCUT2D eigenvalue weighted by atomic mass is 10.3. The summed E-state index contributed by atoms with van der Waals surface area (Å²) in [5, 5.41) is 12.5. The first-order chi connectivity index (χ1) is 6.59. The number of hydrogen-bond donors (Lipinski definition) is 2. The van der Waals surface area contributed by atoms with Gasteiger partial charge in [-0.15, -0.1) is 0 Å². The molecule has 0 aliphatic carbocycles. The van der Waals surface area contributed by atoms with Gasteiger partial charge in [0.25, 0.3) is 0 Å². The van der Waals surface area contributed by atoms with E-state index < -0.39 is 0 Å². The van der Waals surface area contributed by atoms with E-state index >= 15 is 0 Å². The SMILES string of the molecule is CC(C)NCCC(=O)N1CCC(O)C1. The van der Waals surface area contributed by atoms with Gasteiger partial charge in [0.2, 0.25) is 5.91 Å². The normalized spacial score (nSPS) is 22.0. The Balaban J connectivity index is 2.15. The Kier molecular flexibility index (Phi) is 4.35. The molecule has 0 radical (unpaired) electrons. The third-order valence-corrected chi connectivity index (χ3v) is 2.41. The van der Waals surface area contributed by atoms with Crippen LogP contribution in [0.5, 0.6) is 0 Å². The number of nitrogens with zero attached hydrogens (tertiary/aromatic N) is 1. The fraction of sp³-hybridized carbons (Fsp3) is 0.900. The van der Waals surface area contributed by atoms with Crippen LogP contribution in [0.3, 0.4) is 0 Å². The van der Waals surface area contributed by atoms with Crippen molar-refractivity contribution in [2.24, 2.45) is 0 Å². The second-order valence-electron chi connectivity index (χ2n) is 4.14. The highest BCUT2D eigenvalue weighted by molar-refractivity contribution is 5.76. The van der Waals surface area contributed by atoms with E-state index in [9.17, 15) is 9.90 Å². The van der Waals surface area contributed by atoms with Crippen LogP contribution in [-0.2, 0) is 4.79 Å². The quantitative estimate of drug-likeness (QED) is 0.670. The maximum Gasteiger partial charge on any atom is 0.223 e. The van der Waals surface area contributed by atoms with E-state index in [-0.39, 0.29) is 12.0 Å². The van der Waals surface area contributed by atoms with Crippen LogP contribution in [0.15, 0.2) is 0 Å². The summed E-state index contributed by atoms with van der Waals surface area (Å²) in [6, 6.07) is 0.423. The molecule has 0 spiro atoms. The van der Waals surface area contributed by atoms with Gasteiger partial charge in [-0.1, -0.05) is 13.8 Å². The van der Waals surface area contributed by atoms with Crippen LogP contribution in [0.4, 0.5) is 0 Å². The van der Waals surface area contributed by atoms with Gasteiger partial charge < -0.3 is 15.3 Å². The van der Waals surface area contributed by atoms with Crippen LogP contribution in [0.25, 0.3) is 0 Å². The molecular formula is C10H20N2O2. The molecule has 0 aromatic heterocycles. The molecule has 2 N–H and O–H groups in total. The lowest BCUT2D eigenvalue weighted by Crippen LogP contribution is -2.33. The van der Waals surface area contributed by atoms with Gasteiger partial charge in [-0.3, -0.25) is 4.79 Å². The number of carbonyl (C=O) groups excluding carboxylic acids is 1. The number of rotatable bonds is 4. The molecule has 0 bridgehead atoms. The fourth-order valence-corrected chi connectivity index (χ4v) is 1.59. The fourth-order valence-electron chi connectivity index (χ4n) is 1.59. The van der Waals surface area contributed by atoms with Crippen LogP contribution in [0, 0.1) is 0 Å². The van der Waals surface area contributed by atoms with Crippen molar-refractivity contribution in [2.75, 3.05) is 19.6 Å². The Hall–Kier alpha value is -0.610. The summed E-state index contributed by atoms with van der Waals surface area (Å²) in [5.41, 5.74) is 0. The Morgan fingerprint density at radius 2 is 2.36 bits per heavy atom. The molecular weight excluding hydrogens is 180 g/mol. The van der Waals surface area contributed by atoms with Crippen LogP contribution in [0.1, 0.15) is 26.7 Å². The first kappa shape index (κ1) is 11.5. The first-order valence-electron chi connectivity index (χ1n) is 5.29. The highest BCUT2D eigenvalue weighted by atomic mass is 16.3. The number of nitrogens with one attached hydrogen (secondary N) is 1. The smallest absolute Gasteiger partial charge is 0.223 e. The van der Waals surface area contributed by atoms with E-state index in [1.807, 2.05) is 0 Å². The second-order valence-corrected chi connectivity index (χ2v) is 4.14. The number of hydrogen-bond acceptors (Lipinski definition) is 3. The first-order valence-corrected chi connectivity index (χ1v) is 5.29. The van der Waals surface area contributed by atoms with E-state index in [1.165, 1.54) is 0 Å². The van der Waals surface area contributed by atoms with Crippen LogP contribution >= 0.6 is 0 Å². The third-order valence-electron chi connectivity index (χ3n) is 2.41. The molecule has 1 atom stereocenters. The Labute approximate surface area is 85.3 Å². The molecule has 0 aromatic carbocycles. The largest absolute Gasteiger partial charge is 0.391 e. The zero-order valence-corrected chi connectivity index (χ0v) is 8.99. The summed E-state index contributed by atoms with van der Waals surface area (Å²) in [5.74, 6) is 0.148. The summed E-state index contributed by atoms with van der Waals surface area (Å²) >= 11 is 0. The number of carbonyl (C=O) groups is 1. The van der Waals surface area contributed by atoms with Crippen LogP contribution in [0.2, 0.25) is 0 Å². The number of likely N-dealkylation sites (tertiary alicyclic amines) is 1. The van der Waals surface area contributed by atoms with Crippen molar-refractivity contribution in [3.8, 4) is 0 Å². The van der Waals surface area contributed by atoms with Gasteiger partial charge >= 0.3 is 0 Å². The highest BCUT2D eigenvalue weighted by Crippen LogP contribution is 2.09. The molecule has 1 amide bonds. The van der Waals surface area contributed by atoms with Gasteiger partial charge in [0.15, 0.2) is 0 Å². The highest BCUT2D eigenvalue weighted by Gasteiger charge is 2.23. The molecule has 1 rings (SSSR count). The third kappa shape index (κ3) is 3.64. The average Bonchev–Trinajstić information content (AvgIpc) is 2.51. The molecule has 1 aliphatic rings. The van der Waals surface area contributed by atoms with Crippen molar-refractivity contribution in [1.29, 1.82) is 0 Å². The molecule has 82 valence electrons. The Bertz CT molecular complexity index is 195. The minimum Gasteiger partial charge on any atom is -0.391 e. The summed E-state index contributed by atoms with van der Waals surface area (Å²) in [6.45, 7) is 6.07. The van der Waals surface area contributed by atoms with Gasteiger partial charge in [-0.05, 0) is 6.42 Å². The average molecular weight is 200 g/mol. The minimum atomic E-state index is -0.308. The Morgan fingerprint density at radius 3 is 2.86 bits per heavy atom. The van der Waals surface area contributed by atoms with Gasteiger partial charge in [-0.25, -0.2) is 0 Å². The van der Waals surface area contributed by atoms with E-state index in [4.69, 9.17) is 0 Å². The van der Waals surface area contributed by atoms with E-state index in [1.54, 1.807) is 4.90 Å². The molecule has 1 unspecified atom stereocenters. The summed E-state index contributed by atoms with van der Waals surface area (Å²) in [6.07, 6.45) is 0.950. The molecule has 1 saturated heterocycles. The van der Waals surface area contributed by atoms with Crippen molar-refractivity contribution in [1.82, 2.24) is 10.2 Å². The lowest BCUT2D eigenvalue weighted by molar-refractivity contribution is -0.130. The van der Waals surface area contributed by atoms with Gasteiger partial charge in [0.05, 0.1) is 6.10 Å². The van der Waals surface area contributed by atoms with Crippen molar-refractivity contribution >= 4 is 5.91 Å². The summed E-state index contributed by atoms with van der Waals surface area (Å²) in [7, 11) is 0. The van der Waals surface area contributed by atoms with E-state index in [0.29, 0.717) is 25.6 Å². The molecule has 0 saturated carbocycles. The topological polar surface area (TPSA) is 52.6 Å². The maximum atomic E-state index is 11.5. The van der Waals surface area contributed by atoms with Crippen LogP contribution < -0.4 is 5.32 Å². The maximum absolute atomic E-state index is 11.5. The molecule has 1 heterocycles. The van der Waals surface area contributed by atoms with E-state index in [0.717, 1.165) is 13.0 Å². The van der Waals surface area contributed by atoms with Crippen molar-refractivity contribution in [3.05, 3.63) is 0 Å². The molecule has 4 heteroatoms. The standard InChI is InChI=1S/C10H20N2O2/c1-8(2)11-5-3-10(14)12-6-4-9(13)7-12/h8-9,11,13H,3-7H2,1-2H3. The van der Waals surface area contributed by atoms with Crippen molar-refractivity contribution < 1.29 is 9.90 Å². The Morgan fingerprint density at radius 1 is 1.64 bits per heavy atom. The zero-order valence-electron chi connectivity index (χ0n) is 8.99. The van der Waals surface area contributed by atoms with Gasteiger partial charge in [-0.2, -0.15) is 0 Å². The number of β-amino-alcohol motifs (C(OH)–C–C–N with tert-alkyl or cyclic N) is 1. The predicted octanol–water partition coefficient (Wildman–Crippen LogP) is -0.0323. The minimum absolute atomic E-state index is 0.148. The second kappa shape index (κ2) is 5.32. The van der Waals surface area contributed by atoms with Gasteiger partial charge in [0.1, 0.15) is 0 Å². The van der Waals surface area contributed by atoms with E-state index in [2.05, 4.69) is 19.2 Å². The summed E-state index contributed by atoms with van der Waals surface area (Å²) in [4.78, 5) is 13.3.